The number of thiazole rings is 1. The summed E-state index contributed by atoms with van der Waals surface area (Å²) >= 11 is 1.67. The Balaban J connectivity index is -0.000000579. The van der Waals surface area contributed by atoms with Gasteiger partial charge in [0.05, 0.1) is 5.01 Å². The summed E-state index contributed by atoms with van der Waals surface area (Å²) < 4.78 is 9.92. The molecule has 4 aliphatic carbocycles. The van der Waals surface area contributed by atoms with Gasteiger partial charge in [-0.2, -0.15) is 0 Å². The van der Waals surface area contributed by atoms with Gasteiger partial charge in [0.25, 0.3) is 0 Å². The first kappa shape index (κ1) is 59.6. The third kappa shape index (κ3) is 54.2. The highest BCUT2D eigenvalue weighted by Crippen LogP contribution is 2.31. The van der Waals surface area contributed by atoms with Crippen molar-refractivity contribution < 1.29 is 14.3 Å². The third-order valence-electron chi connectivity index (χ3n) is 9.80. The molecule has 0 aliphatic heterocycles. The van der Waals surface area contributed by atoms with Gasteiger partial charge in [0.2, 0.25) is 5.91 Å². The highest BCUT2D eigenvalue weighted by atomic mass is 32.1. The lowest BCUT2D eigenvalue weighted by Gasteiger charge is -2.05. The van der Waals surface area contributed by atoms with Gasteiger partial charge in [-0.3, -0.25) is 9.78 Å². The van der Waals surface area contributed by atoms with Crippen LogP contribution in [0, 0.1) is 42.4 Å². The van der Waals surface area contributed by atoms with Crippen LogP contribution in [0.1, 0.15) is 202 Å². The second kappa shape index (κ2) is 45.3. The molecule has 0 bridgehead atoms. The smallest absolute Gasteiger partial charge is 0.219 e. The highest BCUT2D eigenvalue weighted by Gasteiger charge is 2.17. The van der Waals surface area contributed by atoms with Crippen LogP contribution in [0.2, 0.25) is 0 Å². The quantitative estimate of drug-likeness (QED) is 0.256. The lowest BCUT2D eigenvalue weighted by atomic mass is 10.0. The van der Waals surface area contributed by atoms with Crippen molar-refractivity contribution in [2.24, 2.45) is 41.2 Å². The van der Waals surface area contributed by atoms with E-state index in [1.807, 2.05) is 18.4 Å². The number of carbonyl (C=O) groups excluding carboxylic acids is 1. The molecule has 2 N–H and O–H groups in total. The molecule has 5 nitrogen and oxygen atoms in total. The van der Waals surface area contributed by atoms with Gasteiger partial charge >= 0.3 is 0 Å². The number of carbonyl (C=O) groups is 1. The van der Waals surface area contributed by atoms with E-state index in [1.165, 1.54) is 128 Å². The zero-order valence-corrected chi connectivity index (χ0v) is 41.0. The molecule has 6 heteroatoms. The predicted molar refractivity (Wildman–Crippen MR) is 255 cm³/mol. The molecule has 336 valence electrons. The van der Waals surface area contributed by atoms with Crippen molar-refractivity contribution in [2.45, 2.75) is 205 Å². The molecule has 1 aromatic carbocycles. The molecule has 2 aromatic rings. The molecule has 4 fully saturated rings. The van der Waals surface area contributed by atoms with Crippen LogP contribution in [-0.2, 0) is 20.7 Å². The zero-order chi connectivity index (χ0) is 43.5. The summed E-state index contributed by atoms with van der Waals surface area (Å²) in [5, 5.41) is 3.10. The Morgan fingerprint density at radius 2 is 1.23 bits per heavy atom. The molecule has 57 heavy (non-hydrogen) atoms. The summed E-state index contributed by atoms with van der Waals surface area (Å²) in [5.74, 6) is 4.48. The Kier molecular flexibility index (Phi) is 47.4. The Morgan fingerprint density at radius 3 is 1.46 bits per heavy atom. The SMILES string of the molecule is C1CCCCC1.CC(C)C.CC(C)C(N)=O.CC1CCCC1.CCC1CC1.CCc1ccccc1.COCC1CCCC1.COCCCC(C)C.Cc1nccs1. The van der Waals surface area contributed by atoms with Gasteiger partial charge in [-0.1, -0.05) is 196 Å². The first-order valence-corrected chi connectivity index (χ1v) is 24.3. The summed E-state index contributed by atoms with van der Waals surface area (Å²) in [6.45, 7) is 25.2. The molecular weight excluding hydrogens is 721 g/mol. The van der Waals surface area contributed by atoms with E-state index >= 15 is 0 Å². The Labute approximate surface area is 360 Å². The number of methoxy groups -OCH3 is 2. The fraction of sp³-hybridized carbons (Fsp3) is 0.804. The minimum Gasteiger partial charge on any atom is -0.385 e. The van der Waals surface area contributed by atoms with E-state index in [0.29, 0.717) is 0 Å². The molecule has 1 heterocycles. The molecule has 4 saturated carbocycles. The summed E-state index contributed by atoms with van der Waals surface area (Å²) in [6, 6.07) is 10.5. The third-order valence-corrected chi connectivity index (χ3v) is 10.5. The van der Waals surface area contributed by atoms with Crippen LogP contribution in [0.3, 0.4) is 0 Å². The maximum atomic E-state index is 9.92. The molecule has 0 radical (unpaired) electrons. The summed E-state index contributed by atoms with van der Waals surface area (Å²) in [7, 11) is 3.54. The standard InChI is InChI=1S/C8H10.C7H14O.C7H16O.2C6H12.C5H10.C4H9NO.C4H5NS.C4H10/c1-2-8-6-4-3-5-7-8;1-8-6-7-4-2-3-5-7;1-7(2)5-4-6-8-3;1-6-4-2-3-5-6;1-2-4-6-5-3-1;1-2-5-3-4-5;1-3(2)4(5)6;1-4-5-2-3-6-4;1-4(2)3/h3-7H,2H2,1H3;7H,2-6H2,1H3;7H,4-6H2,1-3H3;6H,2-5H2,1H3;1-6H2;5H,2-4H2,1H3;3H,1-2H3,(H2,5,6);2-3H,1H3;4H,1-3H3. The number of amides is 1. The number of aryl methyl sites for hydroxylation is 2. The Morgan fingerprint density at radius 1 is 0.754 bits per heavy atom. The minimum absolute atomic E-state index is 0.00926. The molecule has 0 unspecified atom stereocenters. The zero-order valence-electron chi connectivity index (χ0n) is 40.2. The van der Waals surface area contributed by atoms with Gasteiger partial charge in [0, 0.05) is 44.9 Å². The Bertz CT molecular complexity index is 994. The highest BCUT2D eigenvalue weighted by molar-refractivity contribution is 7.09. The van der Waals surface area contributed by atoms with Crippen molar-refractivity contribution in [3.8, 4) is 0 Å². The van der Waals surface area contributed by atoms with E-state index in [0.717, 1.165) is 54.2 Å². The molecule has 1 aromatic heterocycles. The van der Waals surface area contributed by atoms with Crippen molar-refractivity contribution >= 4 is 17.2 Å². The minimum atomic E-state index is -0.241. The van der Waals surface area contributed by atoms with Gasteiger partial charge in [-0.05, 0) is 74.2 Å². The average molecular weight is 819 g/mol. The first-order chi connectivity index (χ1) is 27.2. The normalized spacial score (nSPS) is 15.6. The number of aromatic nitrogens is 1. The van der Waals surface area contributed by atoms with Crippen LogP contribution in [-0.4, -0.2) is 38.3 Å². The second-order valence-electron chi connectivity index (χ2n) is 17.7. The van der Waals surface area contributed by atoms with E-state index in [4.69, 9.17) is 15.2 Å². The van der Waals surface area contributed by atoms with Crippen LogP contribution in [0.15, 0.2) is 41.9 Å². The lowest BCUT2D eigenvalue weighted by molar-refractivity contribution is -0.120. The topological polar surface area (TPSA) is 74.4 Å². The summed E-state index contributed by atoms with van der Waals surface area (Å²) in [6.07, 6.45) is 30.5. The monoisotopic (exact) mass is 819 g/mol. The molecule has 4 aliphatic rings. The van der Waals surface area contributed by atoms with E-state index in [9.17, 15) is 4.79 Å². The van der Waals surface area contributed by atoms with Gasteiger partial charge in [0.1, 0.15) is 0 Å². The largest absolute Gasteiger partial charge is 0.385 e. The number of rotatable bonds is 9. The fourth-order valence-electron chi connectivity index (χ4n) is 5.77. The Hall–Kier alpha value is -1.76. The number of hydrogen-bond acceptors (Lipinski definition) is 5. The first-order valence-electron chi connectivity index (χ1n) is 23.4. The molecule has 0 atom stereocenters. The van der Waals surface area contributed by atoms with Crippen LogP contribution < -0.4 is 5.73 Å². The van der Waals surface area contributed by atoms with Crippen LogP contribution >= 0.6 is 11.3 Å². The number of hydrogen-bond donors (Lipinski definition) is 1. The van der Waals surface area contributed by atoms with Crippen molar-refractivity contribution in [1.29, 1.82) is 0 Å². The summed E-state index contributed by atoms with van der Waals surface area (Å²) in [4.78, 5) is 13.9. The number of nitrogens with two attached hydrogens (primary N) is 1. The van der Waals surface area contributed by atoms with Crippen LogP contribution in [0.25, 0.3) is 0 Å². The molecular formula is C51H98N2O3S. The van der Waals surface area contributed by atoms with Crippen LogP contribution in [0.4, 0.5) is 0 Å². The second-order valence-corrected chi connectivity index (χ2v) is 18.8. The van der Waals surface area contributed by atoms with E-state index in [1.54, 1.807) is 45.6 Å². The summed E-state index contributed by atoms with van der Waals surface area (Å²) in [5.41, 5.74) is 6.21. The van der Waals surface area contributed by atoms with E-state index in [2.05, 4.69) is 84.6 Å². The lowest BCUT2D eigenvalue weighted by Crippen LogP contribution is -2.17. The van der Waals surface area contributed by atoms with Crippen molar-refractivity contribution in [2.75, 3.05) is 27.4 Å². The maximum Gasteiger partial charge on any atom is 0.219 e. The maximum absolute atomic E-state index is 9.92. The molecule has 0 saturated heterocycles. The van der Waals surface area contributed by atoms with Gasteiger partial charge in [0.15, 0.2) is 0 Å². The molecule has 1 amide bonds. The van der Waals surface area contributed by atoms with Crippen LogP contribution in [0.5, 0.6) is 0 Å². The number of primary amides is 1. The number of benzene rings is 1. The van der Waals surface area contributed by atoms with Crippen molar-refractivity contribution in [1.82, 2.24) is 4.98 Å². The number of nitrogens with zero attached hydrogens (tertiary/aromatic N) is 1. The van der Waals surface area contributed by atoms with E-state index < -0.39 is 0 Å². The fourth-order valence-corrected chi connectivity index (χ4v) is 6.21. The van der Waals surface area contributed by atoms with Crippen molar-refractivity contribution in [3.05, 3.63) is 52.5 Å². The van der Waals surface area contributed by atoms with E-state index in [-0.39, 0.29) is 11.8 Å². The van der Waals surface area contributed by atoms with Gasteiger partial charge in [-0.15, -0.1) is 11.3 Å². The predicted octanol–water partition coefficient (Wildman–Crippen LogP) is 15.7. The molecule has 6 rings (SSSR count). The molecule has 0 spiro atoms. The average Bonchev–Trinajstić information content (AvgIpc) is 3.48. The number of ether oxygens (including phenoxy) is 2. The van der Waals surface area contributed by atoms with Crippen molar-refractivity contribution in [3.63, 3.8) is 0 Å². The van der Waals surface area contributed by atoms with Gasteiger partial charge in [-0.25, -0.2) is 0 Å². The van der Waals surface area contributed by atoms with Gasteiger partial charge < -0.3 is 15.2 Å².